The molecule has 8 atom stereocenters. The highest BCUT2D eigenvalue weighted by molar-refractivity contribution is 5.92. The fourth-order valence-electron chi connectivity index (χ4n) is 8.97. The Morgan fingerprint density at radius 2 is 1.79 bits per heavy atom. The van der Waals surface area contributed by atoms with E-state index in [0.29, 0.717) is 22.5 Å². The van der Waals surface area contributed by atoms with Gasteiger partial charge in [-0.3, -0.25) is 4.79 Å². The number of hydrogen-bond acceptors (Lipinski definition) is 1. The van der Waals surface area contributed by atoms with Crippen molar-refractivity contribution in [3.8, 4) is 0 Å². The Kier molecular flexibility index (Phi) is 5.84. The van der Waals surface area contributed by atoms with Crippen LogP contribution in [-0.2, 0) is 4.79 Å². The van der Waals surface area contributed by atoms with Crippen molar-refractivity contribution in [3.63, 3.8) is 0 Å². The molecule has 3 saturated carbocycles. The van der Waals surface area contributed by atoms with Gasteiger partial charge in [0.2, 0.25) is 0 Å². The van der Waals surface area contributed by atoms with Crippen LogP contribution in [0.4, 0.5) is 0 Å². The number of carbonyl (C=O) groups excluding carboxylic acids is 1. The molecule has 29 heavy (non-hydrogen) atoms. The molecule has 3 fully saturated rings. The molecule has 4 aliphatic carbocycles. The van der Waals surface area contributed by atoms with Crippen molar-refractivity contribution in [1.82, 2.24) is 0 Å². The van der Waals surface area contributed by atoms with Crippen LogP contribution in [0, 0.1) is 52.3 Å². The van der Waals surface area contributed by atoms with E-state index in [1.807, 2.05) is 0 Å². The molecule has 0 aromatic rings. The lowest BCUT2D eigenvalue weighted by molar-refractivity contribution is -0.120. The summed E-state index contributed by atoms with van der Waals surface area (Å²) in [5.41, 5.74) is 2.38. The highest BCUT2D eigenvalue weighted by Gasteiger charge is 2.60. The Morgan fingerprint density at radius 3 is 2.52 bits per heavy atom. The average Bonchev–Trinajstić information content (AvgIpc) is 3.00. The van der Waals surface area contributed by atoms with Crippen LogP contribution in [0.2, 0.25) is 0 Å². The number of rotatable bonds is 5. The van der Waals surface area contributed by atoms with Crippen LogP contribution in [0.5, 0.6) is 0 Å². The molecule has 0 heterocycles. The monoisotopic (exact) mass is 398 g/mol. The van der Waals surface area contributed by atoms with Crippen molar-refractivity contribution >= 4 is 5.78 Å². The van der Waals surface area contributed by atoms with Gasteiger partial charge in [0.25, 0.3) is 0 Å². The highest BCUT2D eigenvalue weighted by atomic mass is 16.1. The molecule has 0 bridgehead atoms. The van der Waals surface area contributed by atoms with Crippen molar-refractivity contribution in [2.24, 2.45) is 52.3 Å². The third-order valence-electron chi connectivity index (χ3n) is 10.7. The van der Waals surface area contributed by atoms with Gasteiger partial charge in [-0.05, 0) is 96.9 Å². The largest absolute Gasteiger partial charge is 0.295 e. The molecular weight excluding hydrogens is 352 g/mol. The van der Waals surface area contributed by atoms with Crippen LogP contribution < -0.4 is 0 Å². The summed E-state index contributed by atoms with van der Waals surface area (Å²) in [6.45, 7) is 14.9. The van der Waals surface area contributed by atoms with Gasteiger partial charge >= 0.3 is 0 Å². The predicted octanol–water partition coefficient (Wildman–Crippen LogP) is 7.84. The fourth-order valence-corrected chi connectivity index (χ4v) is 8.97. The van der Waals surface area contributed by atoms with Crippen LogP contribution in [0.25, 0.3) is 0 Å². The Labute approximate surface area is 180 Å². The summed E-state index contributed by atoms with van der Waals surface area (Å²) in [4.78, 5) is 12.2. The van der Waals surface area contributed by atoms with E-state index in [9.17, 15) is 4.79 Å². The number of hydrogen-bond donors (Lipinski definition) is 0. The normalized spacial score (nSPS) is 45.4. The van der Waals surface area contributed by atoms with Crippen LogP contribution in [-0.4, -0.2) is 5.78 Å². The number of allylic oxidation sites excluding steroid dienone is 1. The summed E-state index contributed by atoms with van der Waals surface area (Å²) in [5.74, 6) is 6.25. The van der Waals surface area contributed by atoms with E-state index >= 15 is 0 Å². The molecule has 1 nitrogen and oxygen atoms in total. The first-order chi connectivity index (χ1) is 13.7. The SMILES string of the molecule is CC(C)CCC[C@@H](C)[C@H]1CC[C@H]2[C@@H]3CCC4=CC(=O)C[C@@H](C)[C@]4(C)[C@H]3CC[C@]12C. The summed E-state index contributed by atoms with van der Waals surface area (Å²) in [7, 11) is 0. The van der Waals surface area contributed by atoms with Crippen molar-refractivity contribution in [3.05, 3.63) is 11.6 Å². The molecular formula is C28H46O. The standard InChI is InChI=1S/C28H46O/c1-18(2)8-7-9-19(3)24-12-13-25-23-11-10-21-17-22(29)16-20(4)28(21,6)26(23)14-15-27(24,25)5/h17-20,23-26H,7-16H2,1-6H3/t19-,20-,23+,24-,25+,26+,27-,28+/m1/s1. The Morgan fingerprint density at radius 1 is 1.03 bits per heavy atom. The maximum Gasteiger partial charge on any atom is 0.155 e. The molecule has 0 N–H and O–H groups in total. The smallest absolute Gasteiger partial charge is 0.155 e. The second kappa shape index (κ2) is 7.83. The Hall–Kier alpha value is -0.590. The lowest BCUT2D eigenvalue weighted by Gasteiger charge is -2.60. The lowest BCUT2D eigenvalue weighted by atomic mass is 9.44. The number of ketones is 1. The van der Waals surface area contributed by atoms with E-state index in [2.05, 4.69) is 47.6 Å². The van der Waals surface area contributed by atoms with Gasteiger partial charge in [0.1, 0.15) is 0 Å². The van der Waals surface area contributed by atoms with Gasteiger partial charge < -0.3 is 0 Å². The summed E-state index contributed by atoms with van der Waals surface area (Å²) >= 11 is 0. The third kappa shape index (κ3) is 3.47. The van der Waals surface area contributed by atoms with Crippen LogP contribution in [0.3, 0.4) is 0 Å². The van der Waals surface area contributed by atoms with E-state index < -0.39 is 0 Å². The van der Waals surface area contributed by atoms with Gasteiger partial charge in [-0.2, -0.15) is 0 Å². The van der Waals surface area contributed by atoms with E-state index in [4.69, 9.17) is 0 Å². The second-order valence-electron chi connectivity index (χ2n) is 12.5. The van der Waals surface area contributed by atoms with Gasteiger partial charge in [-0.15, -0.1) is 0 Å². The van der Waals surface area contributed by atoms with Crippen molar-refractivity contribution in [1.29, 1.82) is 0 Å². The summed E-state index contributed by atoms with van der Waals surface area (Å²) < 4.78 is 0. The van der Waals surface area contributed by atoms with Crippen molar-refractivity contribution in [2.75, 3.05) is 0 Å². The Balaban J connectivity index is 1.52. The zero-order valence-corrected chi connectivity index (χ0v) is 20.1. The molecule has 0 unspecified atom stereocenters. The molecule has 0 aromatic heterocycles. The first kappa shape index (κ1) is 21.6. The molecule has 164 valence electrons. The molecule has 0 radical (unpaired) electrons. The van der Waals surface area contributed by atoms with Crippen molar-refractivity contribution < 1.29 is 4.79 Å². The van der Waals surface area contributed by atoms with Crippen molar-refractivity contribution in [2.45, 2.75) is 106 Å². The molecule has 4 rings (SSSR count). The predicted molar refractivity (Wildman–Crippen MR) is 123 cm³/mol. The average molecular weight is 399 g/mol. The molecule has 0 spiro atoms. The van der Waals surface area contributed by atoms with Gasteiger partial charge in [0, 0.05) is 6.42 Å². The minimum absolute atomic E-state index is 0.291. The summed E-state index contributed by atoms with van der Waals surface area (Å²) in [5, 5.41) is 0. The van der Waals surface area contributed by atoms with Gasteiger partial charge in [0.15, 0.2) is 5.78 Å². The van der Waals surface area contributed by atoms with Crippen LogP contribution in [0.15, 0.2) is 11.6 Å². The quantitative estimate of drug-likeness (QED) is 0.461. The van der Waals surface area contributed by atoms with E-state index in [0.717, 1.165) is 41.9 Å². The van der Waals surface area contributed by atoms with Gasteiger partial charge in [-0.25, -0.2) is 0 Å². The molecule has 0 aromatic carbocycles. The second-order valence-corrected chi connectivity index (χ2v) is 12.5. The minimum atomic E-state index is 0.291. The summed E-state index contributed by atoms with van der Waals surface area (Å²) in [6, 6.07) is 0. The van der Waals surface area contributed by atoms with Gasteiger partial charge in [0.05, 0.1) is 0 Å². The van der Waals surface area contributed by atoms with E-state index in [-0.39, 0.29) is 0 Å². The zero-order valence-electron chi connectivity index (χ0n) is 20.1. The fraction of sp³-hybridized carbons (Fsp3) is 0.893. The summed E-state index contributed by atoms with van der Waals surface area (Å²) in [6.07, 6.45) is 15.4. The third-order valence-corrected chi connectivity index (χ3v) is 10.7. The van der Waals surface area contributed by atoms with Crippen LogP contribution >= 0.6 is 0 Å². The maximum atomic E-state index is 12.2. The van der Waals surface area contributed by atoms with E-state index in [1.54, 1.807) is 0 Å². The first-order valence-corrected chi connectivity index (χ1v) is 12.9. The number of fused-ring (bicyclic) bond motifs is 5. The zero-order chi connectivity index (χ0) is 21.0. The maximum absolute atomic E-state index is 12.2. The minimum Gasteiger partial charge on any atom is -0.295 e. The van der Waals surface area contributed by atoms with Gasteiger partial charge in [-0.1, -0.05) is 66.4 Å². The molecule has 0 saturated heterocycles. The highest BCUT2D eigenvalue weighted by Crippen LogP contribution is 2.68. The first-order valence-electron chi connectivity index (χ1n) is 12.9. The van der Waals surface area contributed by atoms with Crippen LogP contribution in [0.1, 0.15) is 106 Å². The number of carbonyl (C=O) groups is 1. The Bertz CT molecular complexity index is 659. The van der Waals surface area contributed by atoms with E-state index in [1.165, 1.54) is 63.4 Å². The molecule has 0 aliphatic heterocycles. The molecule has 1 heteroatoms. The lowest BCUT2D eigenvalue weighted by Crippen LogP contribution is -2.53. The molecule has 4 aliphatic rings. The molecule has 0 amide bonds. The topological polar surface area (TPSA) is 17.1 Å².